The minimum absolute atomic E-state index is 0.0409. The number of carbonyl (C=O) groups excluding carboxylic acids is 4. The number of fused-ring (bicyclic) bond motifs is 4. The first-order valence-corrected chi connectivity index (χ1v) is 49.4. The van der Waals surface area contributed by atoms with Gasteiger partial charge in [-0.05, 0) is 218 Å². The van der Waals surface area contributed by atoms with E-state index in [2.05, 4.69) is 56.2 Å². The molecule has 4 saturated heterocycles. The van der Waals surface area contributed by atoms with Gasteiger partial charge in [0.05, 0.1) is 132 Å². The molecule has 0 saturated carbocycles. The van der Waals surface area contributed by atoms with Crippen LogP contribution in [0, 0.1) is 5.82 Å². The molecule has 4 aliphatic heterocycles. The quantitative estimate of drug-likeness (QED) is 0.0698. The third kappa shape index (κ3) is 21.7. The number of nitrogens with one attached hydrogen (secondary N) is 4. The molecule has 10 heterocycles. The van der Waals surface area contributed by atoms with Crippen LogP contribution in [0.2, 0.25) is 15.1 Å². The summed E-state index contributed by atoms with van der Waals surface area (Å²) in [5.41, 5.74) is 12.5. The van der Waals surface area contributed by atoms with Crippen molar-refractivity contribution in [2.24, 2.45) is 0 Å². The zero-order chi connectivity index (χ0) is 94.8. The minimum atomic E-state index is -3.59. The van der Waals surface area contributed by atoms with E-state index in [1.807, 2.05) is 103 Å². The lowest BCUT2D eigenvalue weighted by Gasteiger charge is -2.28. The monoisotopic (exact) mass is 1960 g/mol. The molecular weight excluding hydrogens is 1880 g/mol. The van der Waals surface area contributed by atoms with E-state index in [9.17, 15) is 57.2 Å². The highest BCUT2D eigenvalue weighted by Crippen LogP contribution is 2.37. The van der Waals surface area contributed by atoms with Crippen LogP contribution in [0.4, 0.5) is 49.9 Å². The standard InChI is InChI=1S/C25H20FN3O4S.3C24H19ClN4O4S/c26-23-15-20(29-16-33-12-13-34(29,31)32)8-9-22(23)25(30)28-19-6-3-5-18(14-19)24-21-7-2-1-4-17(21)10-11-27-24;25-21-7-4-18(13-20(21)23-8-3-17-14-26-10-9-22(17)28-23)27-24(30)16-1-5-19(6-2-16)29-15-33-11-12-34(29,31)32;25-20-8-5-17(14-19(20)21-9-10-22-23(28-21)2-1-11-26-22)27-24(30)16-3-6-18(7-4-16)29-15-33-12-13-34(29,31)32;25-21-10-7-18(13-20(21)23-26-14-17-3-1-2-4-22(17)28-23)27-24(30)16-5-8-19(9-6-16)29-15-33-11-12-34(29,31)32/h1-11,14-15H,12-13,16H2,(H,28,30);1-10,13-14H,11-12,15H2,(H,27,30);1-11,14H,12-13,15H2,(H,27,30);1-10,13-14H,11-12,15H2,(H,27,30). The molecule has 0 spiro atoms. The lowest BCUT2D eigenvalue weighted by molar-refractivity contribution is 0.101. The van der Waals surface area contributed by atoms with E-state index >= 15 is 0 Å². The number of sulfonamides is 4. The van der Waals surface area contributed by atoms with Gasteiger partial charge in [0.25, 0.3) is 23.6 Å². The molecule has 16 aromatic rings. The summed E-state index contributed by atoms with van der Waals surface area (Å²) in [6, 6.07) is 75.6. The molecule has 20 rings (SSSR count). The summed E-state index contributed by atoms with van der Waals surface area (Å²) in [5.74, 6) is -2.45. The fraction of sp³-hybridized carbons (Fsp3) is 0.124. The molecule has 688 valence electrons. The number of amides is 4. The summed E-state index contributed by atoms with van der Waals surface area (Å²) in [6.07, 6.45) is 8.58. The van der Waals surface area contributed by atoms with Gasteiger partial charge in [0, 0.05) is 109 Å². The Balaban J connectivity index is 0.000000126. The highest BCUT2D eigenvalue weighted by Gasteiger charge is 2.32. The maximum absolute atomic E-state index is 14.8. The van der Waals surface area contributed by atoms with E-state index < -0.39 is 51.8 Å². The van der Waals surface area contributed by atoms with Crippen LogP contribution >= 0.6 is 34.8 Å². The van der Waals surface area contributed by atoms with Crippen LogP contribution in [-0.2, 0) is 59.0 Å². The molecule has 39 heteroatoms. The molecule has 10 aromatic carbocycles. The van der Waals surface area contributed by atoms with Crippen molar-refractivity contribution in [2.45, 2.75) is 0 Å². The molecule has 4 fully saturated rings. The second-order valence-corrected chi connectivity index (χ2v) is 40.0. The smallest absolute Gasteiger partial charge is 0.258 e. The molecule has 4 amide bonds. The number of anilines is 8. The lowest BCUT2D eigenvalue weighted by atomic mass is 10.0. The average molecular weight is 1960 g/mol. The van der Waals surface area contributed by atoms with Gasteiger partial charge in [0.2, 0.25) is 40.1 Å². The number of aromatic nitrogens is 7. The number of halogens is 4. The number of pyridine rings is 5. The van der Waals surface area contributed by atoms with E-state index in [1.54, 1.807) is 177 Å². The number of hydrogen-bond acceptors (Lipinski definition) is 23. The first kappa shape index (κ1) is 93.4. The SMILES string of the molecule is O=C(Nc1ccc(Cl)c(-c2ccc3cnccc3n2)c1)c1ccc(N2COCCS2(=O)=O)cc1.O=C(Nc1ccc(Cl)c(-c2ccc3ncccc3n2)c1)c1ccc(N2COCCS2(=O)=O)cc1.O=C(Nc1ccc(Cl)c(-c2ncc3ccccc3n2)c1)c1ccc(N2COCCS2(=O)=O)cc1.O=C(Nc1cccc(-c2nccc3ccccc23)c1)c1ccc(N2COCCS2(=O)=O)cc1F. The molecule has 4 aliphatic rings. The molecule has 0 bridgehead atoms. The van der Waals surface area contributed by atoms with Gasteiger partial charge in [-0.1, -0.05) is 89.4 Å². The van der Waals surface area contributed by atoms with E-state index in [0.29, 0.717) is 105 Å². The Bertz CT molecular complexity index is 7270. The number of benzene rings is 10. The van der Waals surface area contributed by atoms with E-state index in [1.165, 1.54) is 25.0 Å². The maximum Gasteiger partial charge on any atom is 0.258 e. The van der Waals surface area contributed by atoms with Crippen LogP contribution in [0.5, 0.6) is 0 Å². The van der Waals surface area contributed by atoms with Crippen LogP contribution in [-0.4, -0.2) is 169 Å². The van der Waals surface area contributed by atoms with Crippen molar-refractivity contribution >= 4 is 188 Å². The van der Waals surface area contributed by atoms with Crippen molar-refractivity contribution in [2.75, 3.05) is 115 Å². The van der Waals surface area contributed by atoms with Crippen molar-refractivity contribution in [3.8, 4) is 45.2 Å². The number of rotatable bonds is 16. The minimum Gasteiger partial charge on any atom is -0.359 e. The van der Waals surface area contributed by atoms with Crippen LogP contribution < -0.4 is 38.5 Å². The summed E-state index contributed by atoms with van der Waals surface area (Å²) in [7, 11) is -13.9. The van der Waals surface area contributed by atoms with Crippen LogP contribution in [0.1, 0.15) is 41.4 Å². The van der Waals surface area contributed by atoms with E-state index in [-0.39, 0.29) is 105 Å². The Morgan fingerprint density at radius 3 is 1.31 bits per heavy atom. The van der Waals surface area contributed by atoms with Gasteiger partial charge < -0.3 is 40.2 Å². The van der Waals surface area contributed by atoms with Crippen molar-refractivity contribution in [3.05, 3.63) is 341 Å². The fourth-order valence-electron chi connectivity index (χ4n) is 14.7. The van der Waals surface area contributed by atoms with Crippen molar-refractivity contribution in [1.29, 1.82) is 0 Å². The summed E-state index contributed by atoms with van der Waals surface area (Å²) in [4.78, 5) is 82.4. The van der Waals surface area contributed by atoms with Crippen molar-refractivity contribution < 1.29 is 76.2 Å². The second kappa shape index (κ2) is 40.8. The fourth-order valence-corrected chi connectivity index (χ4v) is 20.3. The van der Waals surface area contributed by atoms with E-state index in [4.69, 9.17) is 53.8 Å². The van der Waals surface area contributed by atoms with E-state index in [0.717, 1.165) is 65.2 Å². The van der Waals surface area contributed by atoms with Gasteiger partial charge in [-0.3, -0.25) is 34.1 Å². The number of carbonyl (C=O) groups is 4. The predicted molar refractivity (Wildman–Crippen MR) is 523 cm³/mol. The predicted octanol–water partition coefficient (Wildman–Crippen LogP) is 17.4. The summed E-state index contributed by atoms with van der Waals surface area (Å²) < 4.78 is 138. The molecular formula is C97H77Cl3FN15O16S4. The highest BCUT2D eigenvalue weighted by atomic mass is 35.5. The number of para-hydroxylation sites is 1. The lowest BCUT2D eigenvalue weighted by Crippen LogP contribution is -2.41. The highest BCUT2D eigenvalue weighted by molar-refractivity contribution is 7.93. The summed E-state index contributed by atoms with van der Waals surface area (Å²) >= 11 is 19.2. The van der Waals surface area contributed by atoms with Crippen molar-refractivity contribution in [3.63, 3.8) is 0 Å². The largest absolute Gasteiger partial charge is 0.359 e. The number of ether oxygens (including phenoxy) is 4. The van der Waals surface area contributed by atoms with Gasteiger partial charge in [-0.2, -0.15) is 0 Å². The molecule has 6 aromatic heterocycles. The first-order valence-electron chi connectivity index (χ1n) is 41.8. The number of nitrogens with zero attached hydrogens (tertiary/aromatic N) is 11. The number of hydrogen-bond donors (Lipinski definition) is 4. The van der Waals surface area contributed by atoms with Gasteiger partial charge in [-0.25, -0.2) is 75.2 Å². The molecule has 0 unspecified atom stereocenters. The molecule has 31 nitrogen and oxygen atoms in total. The topological polar surface area (TPSA) is 393 Å². The van der Waals surface area contributed by atoms with Gasteiger partial charge in [0.15, 0.2) is 5.82 Å². The average Bonchev–Trinajstić information content (AvgIpc) is 0.789. The Morgan fingerprint density at radius 2 is 0.779 bits per heavy atom. The normalized spacial score (nSPS) is 15.3. The van der Waals surface area contributed by atoms with Crippen LogP contribution in [0.3, 0.4) is 0 Å². The molecule has 0 aliphatic carbocycles. The zero-order valence-electron chi connectivity index (χ0n) is 71.4. The van der Waals surface area contributed by atoms with Crippen LogP contribution in [0.15, 0.2) is 298 Å². The maximum atomic E-state index is 14.8. The summed E-state index contributed by atoms with van der Waals surface area (Å²) in [6.45, 7) is 0.297. The molecule has 136 heavy (non-hydrogen) atoms. The second-order valence-electron chi connectivity index (χ2n) is 30.7. The third-order valence-corrected chi connectivity index (χ3v) is 29.5. The van der Waals surface area contributed by atoms with Crippen LogP contribution in [0.25, 0.3) is 88.8 Å². The molecule has 0 radical (unpaired) electrons. The zero-order valence-corrected chi connectivity index (χ0v) is 76.9. The van der Waals surface area contributed by atoms with Crippen molar-refractivity contribution in [1.82, 2.24) is 34.9 Å². The Morgan fingerprint density at radius 1 is 0.338 bits per heavy atom. The van der Waals surface area contributed by atoms with Gasteiger partial charge in [-0.15, -0.1) is 0 Å². The van der Waals surface area contributed by atoms with Gasteiger partial charge >= 0.3 is 0 Å². The van der Waals surface area contributed by atoms with Gasteiger partial charge in [0.1, 0.15) is 32.7 Å². The first-order chi connectivity index (χ1) is 65.6. The molecule has 0 atom stereocenters. The Hall–Kier alpha value is -14.4. The molecule has 4 N–H and O–H groups in total. The Kier molecular flexibility index (Phi) is 28.0. The summed E-state index contributed by atoms with van der Waals surface area (Å²) in [5, 5.41) is 16.6. The third-order valence-electron chi connectivity index (χ3n) is 21.8. The Labute approximate surface area is 794 Å².